The highest BCUT2D eigenvalue weighted by molar-refractivity contribution is 5.98. The van der Waals surface area contributed by atoms with E-state index in [1.54, 1.807) is 7.11 Å². The van der Waals surface area contributed by atoms with Crippen molar-refractivity contribution in [2.75, 3.05) is 13.7 Å². The molecule has 30 heavy (non-hydrogen) atoms. The van der Waals surface area contributed by atoms with Gasteiger partial charge in [-0.25, -0.2) is 8.78 Å². The summed E-state index contributed by atoms with van der Waals surface area (Å²) in [7, 11) is 1.62. The molecular weight excluding hydrogens is 388 g/mol. The number of amides is 1. The van der Waals surface area contributed by atoms with E-state index in [1.165, 1.54) is 31.1 Å². The van der Waals surface area contributed by atoms with Crippen LogP contribution in [0.15, 0.2) is 42.0 Å². The van der Waals surface area contributed by atoms with Crippen molar-refractivity contribution in [2.24, 2.45) is 0 Å². The maximum absolute atomic E-state index is 14.1. The topological polar surface area (TPSA) is 47.6 Å². The van der Waals surface area contributed by atoms with Crippen LogP contribution in [0, 0.1) is 11.6 Å². The van der Waals surface area contributed by atoms with Crippen molar-refractivity contribution in [2.45, 2.75) is 44.1 Å². The van der Waals surface area contributed by atoms with Crippen molar-refractivity contribution >= 4 is 12.0 Å². The molecule has 2 aliphatic rings. The maximum Gasteiger partial charge on any atom is 0.247 e. The van der Waals surface area contributed by atoms with E-state index in [-0.39, 0.29) is 23.5 Å². The Bertz CT molecular complexity index is 967. The minimum Gasteiger partial charge on any atom is -0.493 e. The highest BCUT2D eigenvalue weighted by Gasteiger charge is 2.26. The molecule has 2 fully saturated rings. The normalized spacial score (nSPS) is 21.0. The van der Waals surface area contributed by atoms with Crippen molar-refractivity contribution < 1.29 is 23.0 Å². The summed E-state index contributed by atoms with van der Waals surface area (Å²) in [5, 5.41) is 2.86. The molecule has 1 atom stereocenters. The molecule has 0 aromatic heterocycles. The first-order valence-corrected chi connectivity index (χ1v) is 10.3. The van der Waals surface area contributed by atoms with Gasteiger partial charge in [0, 0.05) is 23.6 Å². The van der Waals surface area contributed by atoms with E-state index in [0.29, 0.717) is 30.0 Å². The fourth-order valence-electron chi connectivity index (χ4n) is 4.16. The Morgan fingerprint density at radius 3 is 2.67 bits per heavy atom. The third-order valence-corrected chi connectivity index (χ3v) is 5.83. The van der Waals surface area contributed by atoms with Crippen LogP contribution >= 0.6 is 0 Å². The molecular formula is C24H25F2NO3. The lowest BCUT2D eigenvalue weighted by molar-refractivity contribution is -0.118. The van der Waals surface area contributed by atoms with Crippen LogP contribution in [0.5, 0.6) is 11.5 Å². The zero-order valence-electron chi connectivity index (χ0n) is 16.9. The monoisotopic (exact) mass is 413 g/mol. The number of nitrogens with one attached hydrogen (secondary N) is 1. The fourth-order valence-corrected chi connectivity index (χ4v) is 4.16. The molecule has 4 rings (SSSR count). The number of halogens is 2. The van der Waals surface area contributed by atoms with E-state index >= 15 is 0 Å². The van der Waals surface area contributed by atoms with Gasteiger partial charge in [0.05, 0.1) is 13.2 Å². The smallest absolute Gasteiger partial charge is 0.247 e. The second-order valence-electron chi connectivity index (χ2n) is 7.86. The van der Waals surface area contributed by atoms with Crippen molar-refractivity contribution in [1.82, 2.24) is 5.32 Å². The van der Waals surface area contributed by atoms with Gasteiger partial charge in [-0.15, -0.1) is 0 Å². The molecule has 1 amide bonds. The second kappa shape index (κ2) is 8.86. The van der Waals surface area contributed by atoms with Gasteiger partial charge < -0.3 is 14.8 Å². The first kappa shape index (κ1) is 20.4. The number of carbonyl (C=O) groups is 1. The van der Waals surface area contributed by atoms with Crippen LogP contribution in [0.2, 0.25) is 0 Å². The van der Waals surface area contributed by atoms with Crippen LogP contribution in [0.4, 0.5) is 8.78 Å². The molecule has 1 saturated carbocycles. The molecule has 2 aromatic rings. The quantitative estimate of drug-likeness (QED) is 0.703. The average molecular weight is 413 g/mol. The van der Waals surface area contributed by atoms with Gasteiger partial charge >= 0.3 is 0 Å². The molecule has 0 bridgehead atoms. The Morgan fingerprint density at radius 2 is 1.90 bits per heavy atom. The summed E-state index contributed by atoms with van der Waals surface area (Å²) >= 11 is 0. The van der Waals surface area contributed by atoms with E-state index in [1.807, 2.05) is 18.2 Å². The zero-order chi connectivity index (χ0) is 21.1. The summed E-state index contributed by atoms with van der Waals surface area (Å²) in [5.41, 5.74) is 1.50. The summed E-state index contributed by atoms with van der Waals surface area (Å²) in [4.78, 5) is 12.3. The zero-order valence-corrected chi connectivity index (χ0v) is 16.9. The lowest BCUT2D eigenvalue weighted by atomic mass is 9.87. The molecule has 6 heteroatoms. The number of rotatable bonds is 5. The highest BCUT2D eigenvalue weighted by Crippen LogP contribution is 2.36. The molecule has 1 aliphatic heterocycles. The second-order valence-corrected chi connectivity index (χ2v) is 7.86. The fraction of sp³-hybridized carbons (Fsp3) is 0.375. The Balaban J connectivity index is 1.58. The van der Waals surface area contributed by atoms with Crippen LogP contribution in [0.1, 0.15) is 49.1 Å². The van der Waals surface area contributed by atoms with Gasteiger partial charge in [0.25, 0.3) is 0 Å². The van der Waals surface area contributed by atoms with E-state index in [9.17, 15) is 13.6 Å². The van der Waals surface area contributed by atoms with Crippen molar-refractivity contribution in [3.8, 4) is 11.5 Å². The minimum atomic E-state index is -0.948. The van der Waals surface area contributed by atoms with Crippen LogP contribution in [-0.4, -0.2) is 25.7 Å². The number of piperidine rings is 1. The lowest BCUT2D eigenvalue weighted by Crippen LogP contribution is -2.35. The van der Waals surface area contributed by atoms with Gasteiger partial charge in [-0.05, 0) is 61.9 Å². The number of ether oxygens (including phenoxy) is 2. The molecule has 0 radical (unpaired) electrons. The summed E-state index contributed by atoms with van der Waals surface area (Å²) < 4.78 is 39.2. The van der Waals surface area contributed by atoms with Gasteiger partial charge in [-0.3, -0.25) is 4.79 Å². The molecule has 1 aliphatic carbocycles. The van der Waals surface area contributed by atoms with Crippen LogP contribution in [0.3, 0.4) is 0 Å². The van der Waals surface area contributed by atoms with E-state index in [2.05, 4.69) is 5.32 Å². The highest BCUT2D eigenvalue weighted by atomic mass is 19.2. The van der Waals surface area contributed by atoms with Crippen molar-refractivity contribution in [3.05, 3.63) is 64.7 Å². The summed E-state index contributed by atoms with van der Waals surface area (Å²) in [5.74, 6) is -0.741. The number of carbonyl (C=O) groups excluding carboxylic acids is 1. The minimum absolute atomic E-state index is 0.00223. The Kier molecular flexibility index (Phi) is 6.02. The average Bonchev–Trinajstić information content (AvgIpc) is 3.26. The molecule has 158 valence electrons. The molecule has 1 saturated heterocycles. The Hall–Kier alpha value is -2.89. The number of benzene rings is 2. The first-order chi connectivity index (χ1) is 14.5. The van der Waals surface area contributed by atoms with Gasteiger partial charge in [-0.2, -0.15) is 0 Å². The molecule has 1 heterocycles. The van der Waals surface area contributed by atoms with E-state index in [0.717, 1.165) is 24.5 Å². The predicted molar refractivity (Wildman–Crippen MR) is 111 cm³/mol. The first-order valence-electron chi connectivity index (χ1n) is 10.3. The number of methoxy groups -OCH3 is 1. The molecule has 0 spiro atoms. The van der Waals surface area contributed by atoms with Gasteiger partial charge in [-0.1, -0.05) is 18.2 Å². The summed E-state index contributed by atoms with van der Waals surface area (Å²) in [6.45, 7) is 0.469. The third-order valence-electron chi connectivity index (χ3n) is 5.83. The predicted octanol–water partition coefficient (Wildman–Crippen LogP) is 4.98. The molecule has 2 aromatic carbocycles. The van der Waals surface area contributed by atoms with Crippen LogP contribution in [0.25, 0.3) is 6.08 Å². The van der Waals surface area contributed by atoms with Crippen LogP contribution < -0.4 is 14.8 Å². The SMILES string of the molecule is COc1ccc([C@H]2CNC(=O)C(=Cc3cccc(F)c3F)C2)cc1OC1CCCC1. The van der Waals surface area contributed by atoms with E-state index < -0.39 is 11.6 Å². The van der Waals surface area contributed by atoms with Crippen molar-refractivity contribution in [3.63, 3.8) is 0 Å². The van der Waals surface area contributed by atoms with Gasteiger partial charge in [0.1, 0.15) is 0 Å². The molecule has 0 unspecified atom stereocenters. The third kappa shape index (κ3) is 4.32. The standard InChI is InChI=1S/C24H25F2NO3/c1-29-21-10-9-15(13-22(21)30-19-6-2-3-7-19)18-12-17(24(28)27-14-18)11-16-5-4-8-20(25)23(16)26/h4-5,8-11,13,18-19H,2-3,6-7,12,14H2,1H3,(H,27,28)/t18-/m1/s1. The Labute approximate surface area is 174 Å². The van der Waals surface area contributed by atoms with E-state index in [4.69, 9.17) is 9.47 Å². The van der Waals surface area contributed by atoms with Crippen molar-refractivity contribution in [1.29, 1.82) is 0 Å². The lowest BCUT2D eigenvalue weighted by Gasteiger charge is -2.26. The van der Waals surface area contributed by atoms with Crippen LogP contribution in [-0.2, 0) is 4.79 Å². The summed E-state index contributed by atoms with van der Waals surface area (Å²) in [6, 6.07) is 9.76. The number of hydrogen-bond donors (Lipinski definition) is 1. The molecule has 1 N–H and O–H groups in total. The number of hydrogen-bond acceptors (Lipinski definition) is 3. The van der Waals surface area contributed by atoms with Gasteiger partial charge in [0.15, 0.2) is 23.1 Å². The maximum atomic E-state index is 14.1. The largest absolute Gasteiger partial charge is 0.493 e. The summed E-state index contributed by atoms with van der Waals surface area (Å²) in [6.07, 6.45) is 6.48. The molecule has 4 nitrogen and oxygen atoms in total. The van der Waals surface area contributed by atoms with Gasteiger partial charge in [0.2, 0.25) is 5.91 Å². The Morgan fingerprint density at radius 1 is 1.10 bits per heavy atom.